The zero-order valence-electron chi connectivity index (χ0n) is 11.8. The Labute approximate surface area is 119 Å². The summed E-state index contributed by atoms with van der Waals surface area (Å²) in [5.41, 5.74) is 0. The van der Waals surface area contributed by atoms with Crippen LogP contribution < -0.4 is 15.5 Å². The molecule has 0 saturated carbocycles. The quantitative estimate of drug-likeness (QED) is 0.861. The Bertz CT molecular complexity index is 492. The van der Waals surface area contributed by atoms with E-state index in [0.29, 0.717) is 18.4 Å². The highest BCUT2D eigenvalue weighted by Crippen LogP contribution is 2.28. The van der Waals surface area contributed by atoms with Crippen LogP contribution in [0.2, 0.25) is 0 Å². The number of piperidine rings is 2. The van der Waals surface area contributed by atoms with Crippen LogP contribution in [0.4, 0.5) is 11.6 Å². The molecule has 0 spiro atoms. The van der Waals surface area contributed by atoms with E-state index in [9.17, 15) is 4.79 Å². The summed E-state index contributed by atoms with van der Waals surface area (Å²) in [5, 5.41) is 6.33. The van der Waals surface area contributed by atoms with Crippen LogP contribution in [0.3, 0.4) is 0 Å². The zero-order valence-corrected chi connectivity index (χ0v) is 11.8. The van der Waals surface area contributed by atoms with Crippen molar-refractivity contribution in [2.75, 3.05) is 29.9 Å². The van der Waals surface area contributed by atoms with Gasteiger partial charge in [0.1, 0.15) is 18.0 Å². The molecular weight excluding hydrogens is 254 g/mol. The maximum absolute atomic E-state index is 11.4. The molecule has 108 valence electrons. The first-order valence-electron chi connectivity index (χ1n) is 7.36. The SMILES string of the molecule is CCNc1cc(N2CCC3NC(=O)CCC3C2)ncn1. The van der Waals surface area contributed by atoms with Gasteiger partial charge in [-0.3, -0.25) is 4.79 Å². The number of aromatic nitrogens is 2. The maximum Gasteiger partial charge on any atom is 0.220 e. The van der Waals surface area contributed by atoms with Crippen LogP contribution in [0.15, 0.2) is 12.4 Å². The summed E-state index contributed by atoms with van der Waals surface area (Å²) >= 11 is 0. The van der Waals surface area contributed by atoms with Gasteiger partial charge in [0.05, 0.1) is 0 Å². The summed E-state index contributed by atoms with van der Waals surface area (Å²) in [7, 11) is 0. The third kappa shape index (κ3) is 2.69. The maximum atomic E-state index is 11.4. The van der Waals surface area contributed by atoms with Gasteiger partial charge in [0.2, 0.25) is 5.91 Å². The van der Waals surface area contributed by atoms with Crippen molar-refractivity contribution in [1.29, 1.82) is 0 Å². The third-order valence-electron chi connectivity index (χ3n) is 4.16. The van der Waals surface area contributed by atoms with Gasteiger partial charge in [-0.25, -0.2) is 9.97 Å². The van der Waals surface area contributed by atoms with Crippen molar-refractivity contribution in [1.82, 2.24) is 15.3 Å². The number of rotatable bonds is 3. The first-order valence-corrected chi connectivity index (χ1v) is 7.36. The topological polar surface area (TPSA) is 70.2 Å². The number of nitrogens with zero attached hydrogens (tertiary/aromatic N) is 3. The van der Waals surface area contributed by atoms with Gasteiger partial charge < -0.3 is 15.5 Å². The van der Waals surface area contributed by atoms with Crippen LogP contribution in [0.25, 0.3) is 0 Å². The molecule has 3 heterocycles. The lowest BCUT2D eigenvalue weighted by Crippen LogP contribution is -2.54. The average Bonchev–Trinajstić information content (AvgIpc) is 2.47. The summed E-state index contributed by atoms with van der Waals surface area (Å²) in [6, 6.07) is 2.35. The van der Waals surface area contributed by atoms with E-state index in [4.69, 9.17) is 0 Å². The van der Waals surface area contributed by atoms with Gasteiger partial charge in [0.25, 0.3) is 0 Å². The Morgan fingerprint density at radius 2 is 2.35 bits per heavy atom. The zero-order chi connectivity index (χ0) is 13.9. The minimum absolute atomic E-state index is 0.205. The van der Waals surface area contributed by atoms with Crippen molar-refractivity contribution in [3.8, 4) is 0 Å². The second kappa shape index (κ2) is 5.64. The summed E-state index contributed by atoms with van der Waals surface area (Å²) in [5.74, 6) is 2.60. The smallest absolute Gasteiger partial charge is 0.220 e. The molecule has 0 radical (unpaired) electrons. The largest absolute Gasteiger partial charge is 0.370 e. The van der Waals surface area contributed by atoms with E-state index in [2.05, 4.69) is 32.4 Å². The molecule has 2 aliphatic rings. The van der Waals surface area contributed by atoms with E-state index in [1.165, 1.54) is 0 Å². The van der Waals surface area contributed by atoms with E-state index in [-0.39, 0.29) is 5.91 Å². The Morgan fingerprint density at radius 3 is 3.20 bits per heavy atom. The van der Waals surface area contributed by atoms with Gasteiger partial charge in [-0.2, -0.15) is 0 Å². The molecule has 2 aliphatic heterocycles. The Morgan fingerprint density at radius 1 is 1.45 bits per heavy atom. The van der Waals surface area contributed by atoms with Gasteiger partial charge in [-0.05, 0) is 25.7 Å². The number of hydrogen-bond donors (Lipinski definition) is 2. The number of hydrogen-bond acceptors (Lipinski definition) is 5. The van der Waals surface area contributed by atoms with Crippen LogP contribution in [0.5, 0.6) is 0 Å². The first-order chi connectivity index (χ1) is 9.76. The standard InChI is InChI=1S/C14H21N5O/c1-2-15-12-7-13(17-9-16-12)19-6-5-11-10(8-19)3-4-14(20)18-11/h7,9-11H,2-6,8H2,1H3,(H,18,20)(H,15,16,17). The molecule has 0 aliphatic carbocycles. The number of anilines is 2. The van der Waals surface area contributed by atoms with E-state index in [1.807, 2.05) is 6.07 Å². The molecule has 0 bridgehead atoms. The monoisotopic (exact) mass is 275 g/mol. The molecule has 2 atom stereocenters. The normalized spacial score (nSPS) is 25.9. The fourth-order valence-corrected chi connectivity index (χ4v) is 3.12. The average molecular weight is 275 g/mol. The van der Waals surface area contributed by atoms with Gasteiger partial charge >= 0.3 is 0 Å². The molecule has 2 unspecified atom stereocenters. The molecule has 20 heavy (non-hydrogen) atoms. The second-order valence-corrected chi connectivity index (χ2v) is 5.50. The van der Waals surface area contributed by atoms with Crippen LogP contribution >= 0.6 is 0 Å². The summed E-state index contributed by atoms with van der Waals surface area (Å²) in [6.07, 6.45) is 4.25. The molecular formula is C14H21N5O. The predicted molar refractivity (Wildman–Crippen MR) is 77.7 cm³/mol. The van der Waals surface area contributed by atoms with Crippen molar-refractivity contribution < 1.29 is 4.79 Å². The van der Waals surface area contributed by atoms with Gasteiger partial charge in [0.15, 0.2) is 0 Å². The molecule has 1 amide bonds. The number of amides is 1. The Balaban J connectivity index is 1.69. The van der Waals surface area contributed by atoms with Crippen molar-refractivity contribution in [3.05, 3.63) is 12.4 Å². The fourth-order valence-electron chi connectivity index (χ4n) is 3.12. The van der Waals surface area contributed by atoms with Crippen molar-refractivity contribution in [3.63, 3.8) is 0 Å². The lowest BCUT2D eigenvalue weighted by molar-refractivity contribution is -0.124. The minimum Gasteiger partial charge on any atom is -0.370 e. The van der Waals surface area contributed by atoms with Crippen LogP contribution in [-0.4, -0.2) is 41.6 Å². The van der Waals surface area contributed by atoms with E-state index < -0.39 is 0 Å². The predicted octanol–water partition coefficient (Wildman–Crippen LogP) is 1.01. The van der Waals surface area contributed by atoms with Gasteiger partial charge in [0, 0.05) is 38.2 Å². The summed E-state index contributed by atoms with van der Waals surface area (Å²) in [4.78, 5) is 22.3. The van der Waals surface area contributed by atoms with E-state index in [0.717, 1.165) is 44.1 Å². The molecule has 0 aromatic carbocycles. The van der Waals surface area contributed by atoms with Crippen molar-refractivity contribution in [2.24, 2.45) is 5.92 Å². The molecule has 2 saturated heterocycles. The molecule has 1 aromatic rings. The second-order valence-electron chi connectivity index (χ2n) is 5.50. The van der Waals surface area contributed by atoms with Gasteiger partial charge in [-0.15, -0.1) is 0 Å². The fraction of sp³-hybridized carbons (Fsp3) is 0.643. The minimum atomic E-state index is 0.205. The first kappa shape index (κ1) is 13.1. The molecule has 6 nitrogen and oxygen atoms in total. The highest BCUT2D eigenvalue weighted by Gasteiger charge is 2.34. The lowest BCUT2D eigenvalue weighted by Gasteiger charge is -2.41. The summed E-state index contributed by atoms with van der Waals surface area (Å²) in [6.45, 7) is 4.81. The molecule has 1 aromatic heterocycles. The lowest BCUT2D eigenvalue weighted by atomic mass is 9.85. The highest BCUT2D eigenvalue weighted by molar-refractivity contribution is 5.77. The number of nitrogens with one attached hydrogen (secondary N) is 2. The molecule has 3 rings (SSSR count). The molecule has 2 fully saturated rings. The van der Waals surface area contributed by atoms with Crippen molar-refractivity contribution in [2.45, 2.75) is 32.2 Å². The number of carbonyl (C=O) groups is 1. The summed E-state index contributed by atoms with van der Waals surface area (Å²) < 4.78 is 0. The van der Waals surface area contributed by atoms with Crippen LogP contribution in [-0.2, 0) is 4.79 Å². The van der Waals surface area contributed by atoms with Gasteiger partial charge in [-0.1, -0.05) is 0 Å². The number of carbonyl (C=O) groups excluding carboxylic acids is 1. The number of fused-ring (bicyclic) bond motifs is 1. The van der Waals surface area contributed by atoms with Crippen molar-refractivity contribution >= 4 is 17.5 Å². The van der Waals surface area contributed by atoms with Crippen LogP contribution in [0, 0.1) is 5.92 Å². The van der Waals surface area contributed by atoms with E-state index >= 15 is 0 Å². The van der Waals surface area contributed by atoms with Crippen LogP contribution in [0.1, 0.15) is 26.2 Å². The highest BCUT2D eigenvalue weighted by atomic mass is 16.1. The Hall–Kier alpha value is -1.85. The van der Waals surface area contributed by atoms with E-state index in [1.54, 1.807) is 6.33 Å². The Kier molecular flexibility index (Phi) is 3.71. The molecule has 6 heteroatoms. The molecule has 2 N–H and O–H groups in total. The third-order valence-corrected chi connectivity index (χ3v) is 4.16.